The first-order valence-electron chi connectivity index (χ1n) is 7.69. The molecule has 126 valence electrons. The highest BCUT2D eigenvalue weighted by Crippen LogP contribution is 2.43. The molecule has 0 saturated heterocycles. The number of carbonyl (C=O) groups excluding carboxylic acids is 1. The molecule has 6 nitrogen and oxygen atoms in total. The Bertz CT molecular complexity index is 744. The van der Waals surface area contributed by atoms with Crippen LogP contribution in [0.4, 0.5) is 0 Å². The SMILES string of the molecule is CCOC(=O)C1=C(CC)OC(N)=C(C#N)C1c1ccccc1OC. The summed E-state index contributed by atoms with van der Waals surface area (Å²) in [4.78, 5) is 12.5. The lowest BCUT2D eigenvalue weighted by molar-refractivity contribution is -0.139. The normalized spacial score (nSPS) is 17.2. The highest BCUT2D eigenvalue weighted by molar-refractivity contribution is 5.93. The molecule has 0 amide bonds. The Morgan fingerprint density at radius 3 is 2.67 bits per heavy atom. The fourth-order valence-electron chi connectivity index (χ4n) is 2.73. The molecule has 0 radical (unpaired) electrons. The van der Waals surface area contributed by atoms with Crippen LogP contribution in [0.5, 0.6) is 5.75 Å². The predicted molar refractivity (Wildman–Crippen MR) is 87.6 cm³/mol. The number of allylic oxidation sites excluding steroid dienone is 2. The number of carbonyl (C=O) groups is 1. The molecule has 1 aromatic rings. The fraction of sp³-hybridized carbons (Fsp3) is 0.333. The fourth-order valence-corrected chi connectivity index (χ4v) is 2.73. The lowest BCUT2D eigenvalue weighted by Gasteiger charge is -2.28. The molecule has 24 heavy (non-hydrogen) atoms. The maximum absolute atomic E-state index is 12.5. The first kappa shape index (κ1) is 17.4. The number of nitrogens with two attached hydrogens (primary N) is 1. The molecule has 1 aromatic carbocycles. The van der Waals surface area contributed by atoms with E-state index >= 15 is 0 Å². The lowest BCUT2D eigenvalue weighted by atomic mass is 9.82. The quantitative estimate of drug-likeness (QED) is 0.835. The van der Waals surface area contributed by atoms with E-state index in [4.69, 9.17) is 19.9 Å². The van der Waals surface area contributed by atoms with Crippen LogP contribution in [0, 0.1) is 11.3 Å². The van der Waals surface area contributed by atoms with Gasteiger partial charge in [-0.1, -0.05) is 25.1 Å². The highest BCUT2D eigenvalue weighted by atomic mass is 16.5. The Kier molecular flexibility index (Phi) is 5.48. The van der Waals surface area contributed by atoms with E-state index in [9.17, 15) is 10.1 Å². The largest absolute Gasteiger partial charge is 0.496 e. The Balaban J connectivity index is 2.71. The molecule has 2 N–H and O–H groups in total. The van der Waals surface area contributed by atoms with Crippen molar-refractivity contribution in [3.8, 4) is 11.8 Å². The summed E-state index contributed by atoms with van der Waals surface area (Å²) in [6.07, 6.45) is 0.444. The van der Waals surface area contributed by atoms with Crippen LogP contribution in [0.2, 0.25) is 0 Å². The third kappa shape index (κ3) is 3.06. The van der Waals surface area contributed by atoms with Gasteiger partial charge in [-0.2, -0.15) is 5.26 Å². The van der Waals surface area contributed by atoms with Crippen LogP contribution < -0.4 is 10.5 Å². The molecule has 0 fully saturated rings. The third-order valence-electron chi connectivity index (χ3n) is 3.76. The number of ether oxygens (including phenoxy) is 3. The molecule has 2 rings (SSSR count). The van der Waals surface area contributed by atoms with E-state index in [-0.39, 0.29) is 23.6 Å². The second kappa shape index (κ2) is 7.55. The number of esters is 1. The van der Waals surface area contributed by atoms with Crippen molar-refractivity contribution in [2.24, 2.45) is 5.73 Å². The van der Waals surface area contributed by atoms with Gasteiger partial charge < -0.3 is 19.9 Å². The smallest absolute Gasteiger partial charge is 0.338 e. The number of hydrogen-bond donors (Lipinski definition) is 1. The van der Waals surface area contributed by atoms with E-state index in [0.29, 0.717) is 23.5 Å². The zero-order chi connectivity index (χ0) is 17.7. The van der Waals surface area contributed by atoms with E-state index in [1.54, 1.807) is 19.1 Å². The van der Waals surface area contributed by atoms with Gasteiger partial charge in [0.2, 0.25) is 5.88 Å². The summed E-state index contributed by atoms with van der Waals surface area (Å²) in [5.74, 6) is -0.249. The zero-order valence-corrected chi connectivity index (χ0v) is 14.0. The molecule has 6 heteroatoms. The molecule has 1 aliphatic rings. The van der Waals surface area contributed by atoms with Gasteiger partial charge in [-0.15, -0.1) is 0 Å². The monoisotopic (exact) mass is 328 g/mol. The minimum Gasteiger partial charge on any atom is -0.496 e. The van der Waals surface area contributed by atoms with Crippen LogP contribution in [0.1, 0.15) is 31.7 Å². The molecule has 0 bridgehead atoms. The molecule has 0 aromatic heterocycles. The Labute approximate surface area is 141 Å². The number of nitriles is 1. The summed E-state index contributed by atoms with van der Waals surface area (Å²) in [7, 11) is 1.53. The zero-order valence-electron chi connectivity index (χ0n) is 14.0. The van der Waals surface area contributed by atoms with Crippen LogP contribution in [-0.4, -0.2) is 19.7 Å². The van der Waals surface area contributed by atoms with E-state index in [1.807, 2.05) is 19.1 Å². The molecule has 1 atom stereocenters. The highest BCUT2D eigenvalue weighted by Gasteiger charge is 2.38. The van der Waals surface area contributed by atoms with Crippen molar-refractivity contribution in [2.45, 2.75) is 26.2 Å². The molecule has 1 aliphatic heterocycles. The van der Waals surface area contributed by atoms with Crippen molar-refractivity contribution in [1.29, 1.82) is 5.26 Å². The van der Waals surface area contributed by atoms with Crippen LogP contribution in [0.25, 0.3) is 0 Å². The molecule has 1 unspecified atom stereocenters. The van der Waals surface area contributed by atoms with Crippen molar-refractivity contribution >= 4 is 5.97 Å². The number of rotatable bonds is 5. The van der Waals surface area contributed by atoms with Crippen molar-refractivity contribution in [1.82, 2.24) is 0 Å². The van der Waals surface area contributed by atoms with Crippen molar-refractivity contribution in [2.75, 3.05) is 13.7 Å². The Morgan fingerprint density at radius 1 is 1.38 bits per heavy atom. The summed E-state index contributed by atoms with van der Waals surface area (Å²) >= 11 is 0. The van der Waals surface area contributed by atoms with Gasteiger partial charge in [-0.05, 0) is 13.0 Å². The topological polar surface area (TPSA) is 94.6 Å². The molecular formula is C18H20N2O4. The second-order valence-corrected chi connectivity index (χ2v) is 5.08. The third-order valence-corrected chi connectivity index (χ3v) is 3.76. The average Bonchev–Trinajstić information content (AvgIpc) is 2.60. The maximum Gasteiger partial charge on any atom is 0.338 e. The molecule has 0 aliphatic carbocycles. The van der Waals surface area contributed by atoms with Crippen LogP contribution in [0.3, 0.4) is 0 Å². The summed E-state index contributed by atoms with van der Waals surface area (Å²) in [5, 5.41) is 9.56. The van der Waals surface area contributed by atoms with Gasteiger partial charge >= 0.3 is 5.97 Å². The van der Waals surface area contributed by atoms with Crippen LogP contribution in [-0.2, 0) is 14.3 Å². The summed E-state index contributed by atoms with van der Waals surface area (Å²) in [6, 6.07) is 9.25. The number of benzene rings is 1. The number of nitrogens with zero attached hydrogens (tertiary/aromatic N) is 1. The van der Waals surface area contributed by atoms with Crippen molar-refractivity contribution in [3.05, 3.63) is 52.6 Å². The second-order valence-electron chi connectivity index (χ2n) is 5.08. The minimum atomic E-state index is -0.686. The van der Waals surface area contributed by atoms with Crippen LogP contribution >= 0.6 is 0 Å². The van der Waals surface area contributed by atoms with Crippen molar-refractivity contribution < 1.29 is 19.0 Å². The first-order valence-corrected chi connectivity index (χ1v) is 7.69. The molecule has 1 heterocycles. The standard InChI is InChI=1S/C18H20N2O4/c1-4-13-16(18(21)23-5-2)15(12(10-19)17(20)24-13)11-8-6-7-9-14(11)22-3/h6-9,15H,4-5,20H2,1-3H3. The Hall–Kier alpha value is -2.94. The van der Waals surface area contributed by atoms with E-state index in [2.05, 4.69) is 6.07 Å². The molecule has 0 spiro atoms. The minimum absolute atomic E-state index is 0.00157. The van der Waals surface area contributed by atoms with E-state index in [1.165, 1.54) is 7.11 Å². The van der Waals surface area contributed by atoms with Gasteiger partial charge in [0.25, 0.3) is 0 Å². The number of hydrogen-bond acceptors (Lipinski definition) is 6. The maximum atomic E-state index is 12.5. The first-order chi connectivity index (χ1) is 11.6. The lowest BCUT2D eigenvalue weighted by Crippen LogP contribution is -2.26. The Morgan fingerprint density at radius 2 is 2.08 bits per heavy atom. The number of methoxy groups -OCH3 is 1. The van der Waals surface area contributed by atoms with Crippen molar-refractivity contribution in [3.63, 3.8) is 0 Å². The summed E-state index contributed by atoms with van der Waals surface area (Å²) in [6.45, 7) is 3.79. The number of para-hydroxylation sites is 1. The van der Waals surface area contributed by atoms with E-state index < -0.39 is 11.9 Å². The van der Waals surface area contributed by atoms with E-state index in [0.717, 1.165) is 0 Å². The molecule has 0 saturated carbocycles. The summed E-state index contributed by atoms with van der Waals surface area (Å²) in [5.41, 5.74) is 7.04. The van der Waals surface area contributed by atoms with Gasteiger partial charge in [0.15, 0.2) is 0 Å². The molecular weight excluding hydrogens is 308 g/mol. The van der Waals surface area contributed by atoms with Gasteiger partial charge in [0.1, 0.15) is 23.2 Å². The van der Waals surface area contributed by atoms with Crippen LogP contribution in [0.15, 0.2) is 47.1 Å². The average molecular weight is 328 g/mol. The van der Waals surface area contributed by atoms with Gasteiger partial charge in [-0.3, -0.25) is 0 Å². The van der Waals surface area contributed by atoms with Gasteiger partial charge in [-0.25, -0.2) is 4.79 Å². The summed E-state index contributed by atoms with van der Waals surface area (Å²) < 4.78 is 16.1. The van der Waals surface area contributed by atoms with Gasteiger partial charge in [0.05, 0.1) is 25.2 Å². The predicted octanol–water partition coefficient (Wildman–Crippen LogP) is 2.73. The van der Waals surface area contributed by atoms with Gasteiger partial charge in [0, 0.05) is 12.0 Å².